The van der Waals surface area contributed by atoms with Gasteiger partial charge in [0.2, 0.25) is 0 Å². The summed E-state index contributed by atoms with van der Waals surface area (Å²) in [5.41, 5.74) is 1.13. The lowest BCUT2D eigenvalue weighted by molar-refractivity contribution is -0.122. The summed E-state index contributed by atoms with van der Waals surface area (Å²) in [6.45, 7) is 7.66. The summed E-state index contributed by atoms with van der Waals surface area (Å²) in [4.78, 5) is 23.0. The molecule has 0 aromatic rings. The van der Waals surface area contributed by atoms with E-state index in [9.17, 15) is 9.59 Å². The molecule has 0 aromatic carbocycles. The van der Waals surface area contributed by atoms with E-state index in [0.717, 1.165) is 0 Å². The summed E-state index contributed by atoms with van der Waals surface area (Å²) in [6.07, 6.45) is 7.76. The Bertz CT molecular complexity index is 344. The SMILES string of the molecule is CC.C\C=C/C=C1/C(=O)CCC(=O)/C1=C/C. The van der Waals surface area contributed by atoms with Crippen LogP contribution < -0.4 is 0 Å². The molecule has 0 aromatic heterocycles. The Morgan fingerprint density at radius 1 is 0.938 bits per heavy atom. The normalized spacial score (nSPS) is 21.5. The molecular formula is C14H20O2. The fourth-order valence-electron chi connectivity index (χ4n) is 1.49. The molecule has 0 bridgehead atoms. The average Bonchev–Trinajstić information content (AvgIpc) is 2.32. The molecule has 0 amide bonds. The number of rotatable bonds is 1. The first-order valence-corrected chi connectivity index (χ1v) is 5.76. The molecule has 1 rings (SSSR count). The molecule has 16 heavy (non-hydrogen) atoms. The van der Waals surface area contributed by atoms with Crippen molar-refractivity contribution in [3.8, 4) is 0 Å². The highest BCUT2D eigenvalue weighted by Crippen LogP contribution is 2.23. The predicted octanol–water partition coefficient (Wildman–Crippen LogP) is 3.39. The van der Waals surface area contributed by atoms with Gasteiger partial charge in [0.1, 0.15) is 0 Å². The van der Waals surface area contributed by atoms with Crippen molar-refractivity contribution in [3.63, 3.8) is 0 Å². The molecule has 0 radical (unpaired) electrons. The molecule has 0 heterocycles. The third-order valence-electron chi connectivity index (χ3n) is 2.21. The largest absolute Gasteiger partial charge is 0.294 e. The minimum Gasteiger partial charge on any atom is -0.294 e. The molecule has 2 heteroatoms. The average molecular weight is 220 g/mol. The number of Topliss-reactive ketones (excluding diaryl/α,β-unsaturated/α-hetero) is 2. The molecular weight excluding hydrogens is 200 g/mol. The van der Waals surface area contributed by atoms with Crippen LogP contribution in [0.25, 0.3) is 0 Å². The van der Waals surface area contributed by atoms with Gasteiger partial charge in [-0.25, -0.2) is 0 Å². The molecule has 1 aliphatic rings. The van der Waals surface area contributed by atoms with Crippen molar-refractivity contribution in [2.45, 2.75) is 40.5 Å². The minimum atomic E-state index is 0.0656. The topological polar surface area (TPSA) is 34.1 Å². The van der Waals surface area contributed by atoms with Crippen LogP contribution in [-0.4, -0.2) is 11.6 Å². The summed E-state index contributed by atoms with van der Waals surface area (Å²) in [5, 5.41) is 0. The van der Waals surface area contributed by atoms with Gasteiger partial charge in [0.05, 0.1) is 0 Å². The Morgan fingerprint density at radius 2 is 1.44 bits per heavy atom. The molecule has 0 aliphatic heterocycles. The minimum absolute atomic E-state index is 0.0656. The van der Waals surface area contributed by atoms with Crippen LogP contribution in [0.4, 0.5) is 0 Å². The standard InChI is InChI=1S/C12H14O2.C2H6/c1-3-5-6-10-9(4-2)11(13)7-8-12(10)14;1-2/h3-6H,7-8H2,1-2H3;1-2H3/b5-3-,9-4+,10-6+;. The molecule has 88 valence electrons. The second-order valence-electron chi connectivity index (χ2n) is 3.15. The molecule has 2 nitrogen and oxygen atoms in total. The Labute approximate surface area is 97.7 Å². The quantitative estimate of drug-likeness (QED) is 0.635. The van der Waals surface area contributed by atoms with Crippen LogP contribution in [-0.2, 0) is 9.59 Å². The highest BCUT2D eigenvalue weighted by molar-refractivity contribution is 6.17. The molecule has 1 aliphatic carbocycles. The van der Waals surface area contributed by atoms with Crippen molar-refractivity contribution in [2.24, 2.45) is 0 Å². The van der Waals surface area contributed by atoms with Gasteiger partial charge in [-0.1, -0.05) is 38.2 Å². The van der Waals surface area contributed by atoms with Gasteiger partial charge in [-0.05, 0) is 13.8 Å². The number of hydrogen-bond acceptors (Lipinski definition) is 2. The molecule has 1 saturated carbocycles. The van der Waals surface area contributed by atoms with Crippen molar-refractivity contribution in [1.29, 1.82) is 0 Å². The second-order valence-corrected chi connectivity index (χ2v) is 3.15. The zero-order valence-corrected chi connectivity index (χ0v) is 10.5. The second kappa shape index (κ2) is 7.80. The summed E-state index contributed by atoms with van der Waals surface area (Å²) >= 11 is 0. The number of carbonyl (C=O) groups excluding carboxylic acids is 2. The maximum atomic E-state index is 11.5. The maximum absolute atomic E-state index is 11.5. The van der Waals surface area contributed by atoms with E-state index in [1.165, 1.54) is 0 Å². The first-order chi connectivity index (χ1) is 7.70. The lowest BCUT2D eigenvalue weighted by Crippen LogP contribution is -2.19. The highest BCUT2D eigenvalue weighted by atomic mass is 16.1. The smallest absolute Gasteiger partial charge is 0.164 e. The van der Waals surface area contributed by atoms with E-state index in [1.807, 2.05) is 26.8 Å². The number of hydrogen-bond donors (Lipinski definition) is 0. The zero-order valence-electron chi connectivity index (χ0n) is 10.5. The van der Waals surface area contributed by atoms with Gasteiger partial charge >= 0.3 is 0 Å². The molecule has 0 saturated heterocycles. The van der Waals surface area contributed by atoms with Gasteiger partial charge in [0.25, 0.3) is 0 Å². The van der Waals surface area contributed by atoms with Crippen LogP contribution in [0.15, 0.2) is 35.5 Å². The van der Waals surface area contributed by atoms with Gasteiger partial charge in [-0.3, -0.25) is 9.59 Å². The van der Waals surface area contributed by atoms with Crippen molar-refractivity contribution >= 4 is 11.6 Å². The Morgan fingerprint density at radius 3 is 1.88 bits per heavy atom. The van der Waals surface area contributed by atoms with Crippen LogP contribution in [0.3, 0.4) is 0 Å². The van der Waals surface area contributed by atoms with Crippen LogP contribution in [0.1, 0.15) is 40.5 Å². The lowest BCUT2D eigenvalue weighted by atomic mass is 9.87. The van der Waals surface area contributed by atoms with E-state index in [0.29, 0.717) is 24.0 Å². The first-order valence-electron chi connectivity index (χ1n) is 5.76. The third-order valence-corrected chi connectivity index (χ3v) is 2.21. The van der Waals surface area contributed by atoms with E-state index in [1.54, 1.807) is 25.2 Å². The van der Waals surface area contributed by atoms with Crippen molar-refractivity contribution in [1.82, 2.24) is 0 Å². The number of carbonyl (C=O) groups is 2. The van der Waals surface area contributed by atoms with Crippen molar-refractivity contribution in [2.75, 3.05) is 0 Å². The highest BCUT2D eigenvalue weighted by Gasteiger charge is 2.25. The summed E-state index contributed by atoms with van der Waals surface area (Å²) < 4.78 is 0. The van der Waals surface area contributed by atoms with E-state index < -0.39 is 0 Å². The summed E-state index contributed by atoms with van der Waals surface area (Å²) in [6, 6.07) is 0. The van der Waals surface area contributed by atoms with Crippen LogP contribution in [0.5, 0.6) is 0 Å². The molecule has 0 N–H and O–H groups in total. The van der Waals surface area contributed by atoms with Gasteiger partial charge in [-0.15, -0.1) is 0 Å². The fourth-order valence-corrected chi connectivity index (χ4v) is 1.49. The fraction of sp³-hybridized carbons (Fsp3) is 0.429. The van der Waals surface area contributed by atoms with Crippen LogP contribution in [0.2, 0.25) is 0 Å². The van der Waals surface area contributed by atoms with E-state index in [2.05, 4.69) is 0 Å². The number of ketones is 2. The van der Waals surface area contributed by atoms with Gasteiger partial charge in [0.15, 0.2) is 11.6 Å². The maximum Gasteiger partial charge on any atom is 0.164 e. The predicted molar refractivity (Wildman–Crippen MR) is 67.3 cm³/mol. The first kappa shape index (κ1) is 14.6. The van der Waals surface area contributed by atoms with Gasteiger partial charge in [-0.2, -0.15) is 0 Å². The molecule has 0 spiro atoms. The molecule has 0 atom stereocenters. The van der Waals surface area contributed by atoms with E-state index >= 15 is 0 Å². The third kappa shape index (κ3) is 3.61. The zero-order chi connectivity index (χ0) is 12.6. The summed E-state index contributed by atoms with van der Waals surface area (Å²) in [5.74, 6) is 0.138. The monoisotopic (exact) mass is 220 g/mol. The lowest BCUT2D eigenvalue weighted by Gasteiger charge is -2.14. The van der Waals surface area contributed by atoms with Crippen LogP contribution >= 0.6 is 0 Å². The number of allylic oxidation sites excluding steroid dienone is 6. The Kier molecular flexibility index (Phi) is 7.10. The molecule has 1 fully saturated rings. The van der Waals surface area contributed by atoms with Crippen molar-refractivity contribution < 1.29 is 9.59 Å². The summed E-state index contributed by atoms with van der Waals surface area (Å²) in [7, 11) is 0. The molecule has 0 unspecified atom stereocenters. The van der Waals surface area contributed by atoms with Crippen LogP contribution in [0, 0.1) is 0 Å². The van der Waals surface area contributed by atoms with Crippen molar-refractivity contribution in [3.05, 3.63) is 35.5 Å². The Hall–Kier alpha value is -1.44. The van der Waals surface area contributed by atoms with Gasteiger partial charge < -0.3 is 0 Å². The van der Waals surface area contributed by atoms with E-state index in [4.69, 9.17) is 0 Å². The Balaban J connectivity index is 0.00000106. The van der Waals surface area contributed by atoms with Gasteiger partial charge in [0, 0.05) is 24.0 Å². The van der Waals surface area contributed by atoms with E-state index in [-0.39, 0.29) is 11.6 Å².